The largest absolute Gasteiger partial charge is 0.334 e. The van der Waals surface area contributed by atoms with Crippen LogP contribution in [0.15, 0.2) is 30.5 Å². The number of hydrogen-bond donors (Lipinski definition) is 1. The van der Waals surface area contributed by atoms with E-state index in [4.69, 9.17) is 4.98 Å². The fourth-order valence-corrected chi connectivity index (χ4v) is 4.92. The highest BCUT2D eigenvalue weighted by atomic mass is 32.2. The molecule has 1 saturated carbocycles. The van der Waals surface area contributed by atoms with Crippen molar-refractivity contribution in [3.05, 3.63) is 36.3 Å². The lowest BCUT2D eigenvalue weighted by Gasteiger charge is -2.12. The predicted octanol–water partition coefficient (Wildman–Crippen LogP) is 4.50. The van der Waals surface area contributed by atoms with Crippen LogP contribution in [0.1, 0.15) is 44.3 Å². The number of anilines is 1. The summed E-state index contributed by atoms with van der Waals surface area (Å²) in [5.41, 5.74) is 2.86. The number of hydrogen-bond acceptors (Lipinski definition) is 3. The van der Waals surface area contributed by atoms with E-state index in [-0.39, 0.29) is 5.91 Å². The Balaban J connectivity index is 1.47. The highest BCUT2D eigenvalue weighted by molar-refractivity contribution is 8.00. The van der Waals surface area contributed by atoms with E-state index in [1.54, 1.807) is 11.8 Å². The van der Waals surface area contributed by atoms with Gasteiger partial charge in [0.2, 0.25) is 5.91 Å². The van der Waals surface area contributed by atoms with E-state index < -0.39 is 0 Å². The van der Waals surface area contributed by atoms with Gasteiger partial charge in [-0.25, -0.2) is 4.98 Å². The third-order valence-electron chi connectivity index (χ3n) is 5.14. The van der Waals surface area contributed by atoms with E-state index >= 15 is 0 Å². The van der Waals surface area contributed by atoms with Crippen molar-refractivity contribution in [2.24, 2.45) is 0 Å². The standard InChI is InChI=1S/C20H25N3OS/c24-20(14-25-15-7-1-2-8-15)22-17-10-4-3-9-16(17)18-13-23-12-6-5-11-19(23)21-18/h3-4,9-10,13,15H,1-2,5-8,11-12,14H2,(H,22,24). The van der Waals surface area contributed by atoms with Crippen LogP contribution in [-0.2, 0) is 17.8 Å². The maximum Gasteiger partial charge on any atom is 0.234 e. The van der Waals surface area contributed by atoms with Crippen LogP contribution >= 0.6 is 11.8 Å². The van der Waals surface area contributed by atoms with Crippen molar-refractivity contribution < 1.29 is 4.79 Å². The molecule has 1 N–H and O–H groups in total. The normalized spacial score (nSPS) is 17.4. The van der Waals surface area contributed by atoms with Gasteiger partial charge >= 0.3 is 0 Å². The fourth-order valence-electron chi connectivity index (χ4n) is 3.79. The second-order valence-corrected chi connectivity index (χ2v) is 8.29. The van der Waals surface area contributed by atoms with Gasteiger partial charge < -0.3 is 9.88 Å². The molecule has 0 radical (unpaired) electrons. The molecular formula is C20H25N3OS. The van der Waals surface area contributed by atoms with Gasteiger partial charge in [-0.15, -0.1) is 11.8 Å². The number of para-hydroxylation sites is 1. The minimum Gasteiger partial charge on any atom is -0.334 e. The molecule has 1 aliphatic heterocycles. The number of rotatable bonds is 5. The molecule has 0 unspecified atom stereocenters. The molecule has 1 aromatic carbocycles. The summed E-state index contributed by atoms with van der Waals surface area (Å²) in [6.45, 7) is 1.05. The van der Waals surface area contributed by atoms with Gasteiger partial charge in [0.25, 0.3) is 0 Å². The number of aromatic nitrogens is 2. The van der Waals surface area contributed by atoms with E-state index in [1.165, 1.54) is 44.3 Å². The van der Waals surface area contributed by atoms with Crippen LogP contribution in [0.4, 0.5) is 5.69 Å². The predicted molar refractivity (Wildman–Crippen MR) is 104 cm³/mol. The molecule has 0 saturated heterocycles. The first-order valence-electron chi connectivity index (χ1n) is 9.36. The van der Waals surface area contributed by atoms with E-state index in [2.05, 4.69) is 16.1 Å². The second-order valence-electron chi connectivity index (χ2n) is 7.00. The summed E-state index contributed by atoms with van der Waals surface area (Å²) in [6, 6.07) is 8.01. The summed E-state index contributed by atoms with van der Waals surface area (Å²) in [6.07, 6.45) is 10.8. The van der Waals surface area contributed by atoms with Gasteiger partial charge in [0.1, 0.15) is 5.82 Å². The topological polar surface area (TPSA) is 46.9 Å². The van der Waals surface area contributed by atoms with E-state index in [0.717, 1.165) is 29.9 Å². The number of imidazole rings is 1. The fraction of sp³-hybridized carbons (Fsp3) is 0.500. The molecule has 4 rings (SSSR count). The number of nitrogens with one attached hydrogen (secondary N) is 1. The molecule has 0 atom stereocenters. The molecule has 5 heteroatoms. The number of fused-ring (bicyclic) bond motifs is 1. The molecule has 25 heavy (non-hydrogen) atoms. The Kier molecular flexibility index (Phi) is 5.11. The summed E-state index contributed by atoms with van der Waals surface area (Å²) < 4.78 is 2.26. The number of carbonyl (C=O) groups is 1. The highest BCUT2D eigenvalue weighted by Gasteiger charge is 2.18. The molecule has 1 fully saturated rings. The second kappa shape index (κ2) is 7.65. The number of nitrogens with zero attached hydrogens (tertiary/aromatic N) is 2. The molecule has 2 heterocycles. The van der Waals surface area contributed by atoms with Crippen molar-refractivity contribution in [2.75, 3.05) is 11.1 Å². The van der Waals surface area contributed by atoms with Gasteiger partial charge in [-0.2, -0.15) is 0 Å². The van der Waals surface area contributed by atoms with Crippen molar-refractivity contribution >= 4 is 23.4 Å². The van der Waals surface area contributed by atoms with Gasteiger partial charge in [-0.05, 0) is 31.7 Å². The van der Waals surface area contributed by atoms with Crippen LogP contribution in [0.2, 0.25) is 0 Å². The van der Waals surface area contributed by atoms with Crippen LogP contribution in [0.3, 0.4) is 0 Å². The third kappa shape index (κ3) is 3.92. The first kappa shape index (κ1) is 16.7. The maximum atomic E-state index is 12.4. The first-order valence-corrected chi connectivity index (χ1v) is 10.4. The van der Waals surface area contributed by atoms with Gasteiger partial charge in [-0.1, -0.05) is 31.0 Å². The molecule has 1 aliphatic carbocycles. The lowest BCUT2D eigenvalue weighted by atomic mass is 10.1. The summed E-state index contributed by atoms with van der Waals surface area (Å²) in [5, 5.41) is 3.77. The molecule has 4 nitrogen and oxygen atoms in total. The number of carbonyl (C=O) groups excluding carboxylic acids is 1. The van der Waals surface area contributed by atoms with Crippen LogP contribution in [0.5, 0.6) is 0 Å². The minimum absolute atomic E-state index is 0.0910. The Morgan fingerprint density at radius 1 is 1.20 bits per heavy atom. The summed E-state index contributed by atoms with van der Waals surface area (Å²) in [5.74, 6) is 1.80. The SMILES string of the molecule is O=C(CSC1CCCC1)Nc1ccccc1-c1cn2c(n1)CCCC2. The van der Waals surface area contributed by atoms with Crippen LogP contribution in [0.25, 0.3) is 11.3 Å². The molecule has 1 aromatic heterocycles. The van der Waals surface area contributed by atoms with Crippen molar-refractivity contribution in [3.8, 4) is 11.3 Å². The highest BCUT2D eigenvalue weighted by Crippen LogP contribution is 2.31. The van der Waals surface area contributed by atoms with Gasteiger partial charge in [0.05, 0.1) is 17.1 Å². The van der Waals surface area contributed by atoms with Crippen LogP contribution < -0.4 is 5.32 Å². The van der Waals surface area contributed by atoms with Gasteiger partial charge in [-0.3, -0.25) is 4.79 Å². The van der Waals surface area contributed by atoms with E-state index in [1.807, 2.05) is 24.3 Å². The zero-order valence-electron chi connectivity index (χ0n) is 14.5. The van der Waals surface area contributed by atoms with Crippen molar-refractivity contribution in [2.45, 2.75) is 56.7 Å². The molecule has 0 spiro atoms. The van der Waals surface area contributed by atoms with E-state index in [9.17, 15) is 4.79 Å². The van der Waals surface area contributed by atoms with E-state index in [0.29, 0.717) is 11.0 Å². The Morgan fingerprint density at radius 2 is 2.04 bits per heavy atom. The number of amides is 1. The Bertz CT molecular complexity index is 726. The lowest BCUT2D eigenvalue weighted by Crippen LogP contribution is -2.16. The molecular weight excluding hydrogens is 330 g/mol. The zero-order chi connectivity index (χ0) is 17.1. The third-order valence-corrected chi connectivity index (χ3v) is 6.51. The number of benzene rings is 1. The molecule has 2 aliphatic rings. The Labute approximate surface area is 153 Å². The molecule has 2 aromatic rings. The minimum atomic E-state index is 0.0910. The quantitative estimate of drug-likeness (QED) is 0.859. The van der Waals surface area contributed by atoms with Crippen molar-refractivity contribution in [3.63, 3.8) is 0 Å². The maximum absolute atomic E-state index is 12.4. The molecule has 132 valence electrons. The monoisotopic (exact) mass is 355 g/mol. The number of thioether (sulfide) groups is 1. The summed E-state index contributed by atoms with van der Waals surface area (Å²) >= 11 is 1.80. The average Bonchev–Trinajstić information content (AvgIpc) is 3.30. The Morgan fingerprint density at radius 3 is 2.88 bits per heavy atom. The number of aryl methyl sites for hydroxylation is 2. The first-order chi connectivity index (χ1) is 12.3. The van der Waals surface area contributed by atoms with Gasteiger partial charge in [0.15, 0.2) is 0 Å². The Hall–Kier alpha value is -1.75. The van der Waals surface area contributed by atoms with Crippen LogP contribution in [-0.4, -0.2) is 26.5 Å². The summed E-state index contributed by atoms with van der Waals surface area (Å²) in [4.78, 5) is 17.2. The van der Waals surface area contributed by atoms with Crippen molar-refractivity contribution in [1.29, 1.82) is 0 Å². The van der Waals surface area contributed by atoms with Crippen LogP contribution in [0, 0.1) is 0 Å². The smallest absolute Gasteiger partial charge is 0.234 e. The molecule has 0 bridgehead atoms. The zero-order valence-corrected chi connectivity index (χ0v) is 15.4. The van der Waals surface area contributed by atoms with Gasteiger partial charge in [0, 0.05) is 30.0 Å². The molecule has 1 amide bonds. The average molecular weight is 356 g/mol. The lowest BCUT2D eigenvalue weighted by molar-refractivity contribution is -0.113. The summed E-state index contributed by atoms with van der Waals surface area (Å²) in [7, 11) is 0. The van der Waals surface area contributed by atoms with Crippen molar-refractivity contribution in [1.82, 2.24) is 9.55 Å².